The highest BCUT2D eigenvalue weighted by Crippen LogP contribution is 2.20. The van der Waals surface area contributed by atoms with Crippen LogP contribution in [0.5, 0.6) is 5.75 Å². The summed E-state index contributed by atoms with van der Waals surface area (Å²) < 4.78 is 6.16. The molecule has 6 heteroatoms. The van der Waals surface area contributed by atoms with Crippen LogP contribution < -0.4 is 21.8 Å². The average Bonchev–Trinajstić information content (AvgIpc) is 2.25. The van der Waals surface area contributed by atoms with E-state index in [0.717, 1.165) is 4.68 Å². The van der Waals surface area contributed by atoms with E-state index in [4.69, 9.17) is 21.7 Å². The van der Waals surface area contributed by atoms with Crippen molar-refractivity contribution < 1.29 is 4.74 Å². The normalized spacial score (nSPS) is 10.5. The van der Waals surface area contributed by atoms with E-state index in [1.165, 1.54) is 0 Å². The van der Waals surface area contributed by atoms with Crippen LogP contribution in [0.25, 0.3) is 10.9 Å². The van der Waals surface area contributed by atoms with Crippen molar-refractivity contribution in [2.24, 2.45) is 0 Å². The molecule has 6 nitrogen and oxygen atoms in total. The van der Waals surface area contributed by atoms with E-state index in [2.05, 4.69) is 4.98 Å². The van der Waals surface area contributed by atoms with Crippen LogP contribution in [0.1, 0.15) is 0 Å². The largest absolute Gasteiger partial charge is 0.494 e. The molecule has 0 radical (unpaired) electrons. The molecule has 0 fully saturated rings. The molecular formula is C9H11N5O. The monoisotopic (exact) mass is 205 g/mol. The van der Waals surface area contributed by atoms with Crippen molar-refractivity contribution in [3.8, 4) is 5.75 Å². The number of nitrogens with one attached hydrogen (secondary N) is 1. The van der Waals surface area contributed by atoms with Crippen LogP contribution in [0.15, 0.2) is 18.2 Å². The number of methoxy groups -OCH3 is 1. The predicted octanol–water partition coefficient (Wildman–Crippen LogP) is -0.180. The number of para-hydroxylation sites is 1. The smallest absolute Gasteiger partial charge is 0.221 e. The molecule has 0 unspecified atom stereocenters. The predicted molar refractivity (Wildman–Crippen MR) is 56.7 cm³/mol. The standard InChI is InChI=1S/C9H11N5O/c1-15-6-4-2-3-5-7(6)13-9(11)14(12)8(5)10/h2-4,10H,12H2,1H3,(H2,11,13). The Labute approximate surface area is 85.6 Å². The number of anilines is 1. The van der Waals surface area contributed by atoms with Crippen molar-refractivity contribution >= 4 is 16.9 Å². The zero-order chi connectivity index (χ0) is 11.0. The molecule has 2 aromatic rings. The summed E-state index contributed by atoms with van der Waals surface area (Å²) in [7, 11) is 1.54. The lowest BCUT2D eigenvalue weighted by atomic mass is 10.2. The van der Waals surface area contributed by atoms with Crippen LogP contribution in [0.3, 0.4) is 0 Å². The number of fused-ring (bicyclic) bond motifs is 1. The highest BCUT2D eigenvalue weighted by atomic mass is 16.5. The first-order chi connectivity index (χ1) is 7.15. The molecule has 0 aliphatic rings. The van der Waals surface area contributed by atoms with Crippen molar-refractivity contribution in [2.45, 2.75) is 0 Å². The summed E-state index contributed by atoms with van der Waals surface area (Å²) in [5.74, 6) is 6.20. The SMILES string of the molecule is COc1cccc2c(=N)n(N)c(N)nc12. The number of nitrogens with two attached hydrogens (primary N) is 2. The molecule has 0 saturated heterocycles. The maximum Gasteiger partial charge on any atom is 0.221 e. The molecule has 15 heavy (non-hydrogen) atoms. The number of nitrogen functional groups attached to an aromatic ring is 2. The minimum atomic E-state index is 0.0806. The summed E-state index contributed by atoms with van der Waals surface area (Å²) in [4.78, 5) is 4.08. The summed E-state index contributed by atoms with van der Waals surface area (Å²) in [5.41, 5.74) is 6.21. The number of hydrogen-bond acceptors (Lipinski definition) is 5. The summed E-state index contributed by atoms with van der Waals surface area (Å²) in [6, 6.07) is 5.28. The van der Waals surface area contributed by atoms with E-state index in [0.29, 0.717) is 16.7 Å². The van der Waals surface area contributed by atoms with Gasteiger partial charge in [0.15, 0.2) is 5.49 Å². The van der Waals surface area contributed by atoms with Crippen LogP contribution in [0.2, 0.25) is 0 Å². The van der Waals surface area contributed by atoms with Gasteiger partial charge in [0.05, 0.1) is 7.11 Å². The molecule has 78 valence electrons. The van der Waals surface area contributed by atoms with Crippen LogP contribution in [-0.2, 0) is 0 Å². The van der Waals surface area contributed by atoms with Gasteiger partial charge in [0.25, 0.3) is 0 Å². The molecule has 2 rings (SSSR count). The van der Waals surface area contributed by atoms with Gasteiger partial charge < -0.3 is 16.3 Å². The molecule has 0 spiro atoms. The second-order valence-corrected chi connectivity index (χ2v) is 3.05. The van der Waals surface area contributed by atoms with E-state index in [9.17, 15) is 0 Å². The Balaban J connectivity index is 2.98. The number of nitrogens with zero attached hydrogens (tertiary/aromatic N) is 2. The molecule has 0 amide bonds. The molecular weight excluding hydrogens is 194 g/mol. The van der Waals surface area contributed by atoms with Gasteiger partial charge in [0.2, 0.25) is 5.95 Å². The maximum absolute atomic E-state index is 7.76. The number of ether oxygens (including phenoxy) is 1. The fraction of sp³-hybridized carbons (Fsp3) is 0.111. The highest BCUT2D eigenvalue weighted by Gasteiger charge is 2.07. The quantitative estimate of drug-likeness (QED) is 0.562. The minimum Gasteiger partial charge on any atom is -0.494 e. The molecule has 0 saturated carbocycles. The lowest BCUT2D eigenvalue weighted by molar-refractivity contribution is 0.418. The van der Waals surface area contributed by atoms with Crippen molar-refractivity contribution in [1.29, 1.82) is 5.41 Å². The average molecular weight is 205 g/mol. The van der Waals surface area contributed by atoms with E-state index < -0.39 is 0 Å². The van der Waals surface area contributed by atoms with E-state index in [1.54, 1.807) is 25.3 Å². The lowest BCUT2D eigenvalue weighted by Crippen LogP contribution is -2.30. The van der Waals surface area contributed by atoms with Gasteiger partial charge in [-0.2, -0.15) is 0 Å². The Hall–Kier alpha value is -2.24. The van der Waals surface area contributed by atoms with Gasteiger partial charge in [-0.25, -0.2) is 9.66 Å². The third-order valence-electron chi connectivity index (χ3n) is 2.19. The second kappa shape index (κ2) is 3.16. The van der Waals surface area contributed by atoms with Crippen molar-refractivity contribution in [3.63, 3.8) is 0 Å². The number of aromatic nitrogens is 2. The van der Waals surface area contributed by atoms with Gasteiger partial charge >= 0.3 is 0 Å². The topological polar surface area (TPSA) is 103 Å². The summed E-state index contributed by atoms with van der Waals surface area (Å²) in [5, 5.41) is 8.37. The number of rotatable bonds is 1. The Kier molecular flexibility index (Phi) is 1.96. The van der Waals surface area contributed by atoms with E-state index >= 15 is 0 Å². The Bertz CT molecular complexity index is 574. The molecule has 5 N–H and O–H groups in total. The fourth-order valence-electron chi connectivity index (χ4n) is 1.41. The molecule has 1 aromatic carbocycles. The number of benzene rings is 1. The van der Waals surface area contributed by atoms with Crippen LogP contribution in [-0.4, -0.2) is 16.8 Å². The highest BCUT2D eigenvalue weighted by molar-refractivity contribution is 5.84. The molecule has 1 heterocycles. The van der Waals surface area contributed by atoms with Crippen LogP contribution in [0.4, 0.5) is 5.95 Å². The van der Waals surface area contributed by atoms with Gasteiger partial charge in [-0.1, -0.05) is 6.07 Å². The van der Waals surface area contributed by atoms with Crippen molar-refractivity contribution in [3.05, 3.63) is 23.7 Å². The summed E-state index contributed by atoms with van der Waals surface area (Å²) >= 11 is 0. The first-order valence-corrected chi connectivity index (χ1v) is 4.30. The fourth-order valence-corrected chi connectivity index (χ4v) is 1.41. The van der Waals surface area contributed by atoms with Gasteiger partial charge in [-0.3, -0.25) is 5.41 Å². The zero-order valence-electron chi connectivity index (χ0n) is 8.19. The Morgan fingerprint density at radius 3 is 2.87 bits per heavy atom. The molecule has 0 bridgehead atoms. The third kappa shape index (κ3) is 1.26. The van der Waals surface area contributed by atoms with Crippen LogP contribution >= 0.6 is 0 Å². The van der Waals surface area contributed by atoms with E-state index in [-0.39, 0.29) is 11.4 Å². The maximum atomic E-state index is 7.76. The van der Waals surface area contributed by atoms with Gasteiger partial charge in [0, 0.05) is 5.39 Å². The Morgan fingerprint density at radius 2 is 2.20 bits per heavy atom. The lowest BCUT2D eigenvalue weighted by Gasteiger charge is -2.08. The Morgan fingerprint density at radius 1 is 1.47 bits per heavy atom. The van der Waals surface area contributed by atoms with E-state index in [1.807, 2.05) is 0 Å². The van der Waals surface area contributed by atoms with Crippen molar-refractivity contribution in [2.75, 3.05) is 18.7 Å². The number of hydrogen-bond donors (Lipinski definition) is 3. The van der Waals surface area contributed by atoms with Crippen LogP contribution in [0, 0.1) is 5.41 Å². The second-order valence-electron chi connectivity index (χ2n) is 3.05. The first kappa shape index (κ1) is 9.32. The first-order valence-electron chi connectivity index (χ1n) is 4.30. The van der Waals surface area contributed by atoms with Gasteiger partial charge in [-0.05, 0) is 12.1 Å². The molecule has 0 aliphatic carbocycles. The molecule has 0 aliphatic heterocycles. The zero-order valence-corrected chi connectivity index (χ0v) is 8.19. The summed E-state index contributed by atoms with van der Waals surface area (Å²) in [6.45, 7) is 0. The van der Waals surface area contributed by atoms with Crippen molar-refractivity contribution in [1.82, 2.24) is 9.66 Å². The van der Waals surface area contributed by atoms with Gasteiger partial charge in [-0.15, -0.1) is 0 Å². The van der Waals surface area contributed by atoms with Gasteiger partial charge in [0.1, 0.15) is 11.3 Å². The summed E-state index contributed by atoms with van der Waals surface area (Å²) in [6.07, 6.45) is 0. The minimum absolute atomic E-state index is 0.0806. The third-order valence-corrected chi connectivity index (χ3v) is 2.19. The molecule has 0 atom stereocenters. The molecule has 1 aromatic heterocycles.